The second-order valence-corrected chi connectivity index (χ2v) is 7.22. The molecule has 4 rings (SSSR count). The van der Waals surface area contributed by atoms with Crippen LogP contribution in [-0.4, -0.2) is 40.6 Å². The molecule has 0 saturated carbocycles. The van der Waals surface area contributed by atoms with E-state index in [0.717, 1.165) is 36.0 Å². The summed E-state index contributed by atoms with van der Waals surface area (Å²) in [5, 5.41) is 10.2. The van der Waals surface area contributed by atoms with Crippen LogP contribution >= 0.6 is 12.4 Å². The van der Waals surface area contributed by atoms with E-state index in [4.69, 9.17) is 0 Å². The molecule has 2 aliphatic rings. The Bertz CT molecular complexity index is 891. The molecule has 2 N–H and O–H groups in total. The number of carbonyl (C=O) groups is 1. The molecule has 0 radical (unpaired) electrons. The van der Waals surface area contributed by atoms with E-state index in [2.05, 4.69) is 15.5 Å². The number of carbonyl (C=O) groups excluding carboxylic acids is 1. The Morgan fingerprint density at radius 1 is 1.21 bits per heavy atom. The number of nitrogens with zero attached hydrogens (tertiary/aromatic N) is 2. The summed E-state index contributed by atoms with van der Waals surface area (Å²) >= 11 is 0. The van der Waals surface area contributed by atoms with E-state index in [1.165, 1.54) is 0 Å². The number of nitrogens with one attached hydrogen (secondary N) is 2. The van der Waals surface area contributed by atoms with Gasteiger partial charge in [-0.3, -0.25) is 9.89 Å². The summed E-state index contributed by atoms with van der Waals surface area (Å²) in [5.41, 5.74) is 0.971. The first-order valence-corrected chi connectivity index (χ1v) is 9.28. The van der Waals surface area contributed by atoms with Gasteiger partial charge in [-0.1, -0.05) is 6.07 Å². The van der Waals surface area contributed by atoms with Gasteiger partial charge in [0.2, 0.25) is 0 Å². The van der Waals surface area contributed by atoms with E-state index < -0.39 is 23.5 Å². The Kier molecular flexibility index (Phi) is 6.19. The molecule has 158 valence electrons. The van der Waals surface area contributed by atoms with Crippen LogP contribution in [0.3, 0.4) is 0 Å². The summed E-state index contributed by atoms with van der Waals surface area (Å²) in [7, 11) is 0. The molecule has 5 nitrogen and oxygen atoms in total. The van der Waals surface area contributed by atoms with Crippen molar-refractivity contribution in [3.63, 3.8) is 0 Å². The predicted molar refractivity (Wildman–Crippen MR) is 101 cm³/mol. The van der Waals surface area contributed by atoms with Crippen molar-refractivity contribution in [2.75, 3.05) is 19.6 Å². The zero-order valence-electron chi connectivity index (χ0n) is 15.5. The monoisotopic (exact) mass is 432 g/mol. The molecule has 2 aromatic rings. The lowest BCUT2D eigenvalue weighted by atomic mass is 9.85. The molecule has 0 atom stereocenters. The van der Waals surface area contributed by atoms with Crippen LogP contribution in [-0.2, 0) is 19.1 Å². The highest BCUT2D eigenvalue weighted by Crippen LogP contribution is 2.40. The van der Waals surface area contributed by atoms with E-state index in [1.807, 2.05) is 0 Å². The molecule has 0 bridgehead atoms. The van der Waals surface area contributed by atoms with Crippen LogP contribution in [0.15, 0.2) is 18.2 Å². The van der Waals surface area contributed by atoms with Crippen LogP contribution in [0.5, 0.6) is 0 Å². The van der Waals surface area contributed by atoms with Crippen LogP contribution < -0.4 is 5.32 Å². The highest BCUT2D eigenvalue weighted by Gasteiger charge is 2.38. The summed E-state index contributed by atoms with van der Waals surface area (Å²) in [6, 6.07) is 3.06. The Hall–Kier alpha value is -2.13. The van der Waals surface area contributed by atoms with Crippen molar-refractivity contribution in [3.8, 4) is 0 Å². The molecule has 0 spiro atoms. The van der Waals surface area contributed by atoms with Crippen LogP contribution in [0.1, 0.15) is 51.6 Å². The number of amides is 1. The molecular weight excluding hydrogens is 412 g/mol. The highest BCUT2D eigenvalue weighted by molar-refractivity contribution is 5.94. The summed E-state index contributed by atoms with van der Waals surface area (Å²) < 4.78 is 54.1. The third-order valence-electron chi connectivity index (χ3n) is 5.56. The number of aromatic amines is 1. The first-order chi connectivity index (χ1) is 13.4. The Morgan fingerprint density at radius 2 is 1.93 bits per heavy atom. The minimum Gasteiger partial charge on any atom is -0.337 e. The zero-order chi connectivity index (χ0) is 19.9. The minimum atomic E-state index is -4.60. The van der Waals surface area contributed by atoms with Crippen molar-refractivity contribution in [2.45, 2.75) is 37.9 Å². The van der Waals surface area contributed by atoms with E-state index in [0.29, 0.717) is 18.7 Å². The third kappa shape index (κ3) is 4.11. The molecule has 1 amide bonds. The van der Waals surface area contributed by atoms with Gasteiger partial charge in [0.05, 0.1) is 11.3 Å². The SMILES string of the molecule is Cl.O=C(c1n[nH]c2c1CCNC2)N1CCC(c2c(F)cccc2C(F)(F)F)CC1. The largest absolute Gasteiger partial charge is 0.416 e. The van der Waals surface area contributed by atoms with Crippen molar-refractivity contribution in [2.24, 2.45) is 0 Å². The maximum atomic E-state index is 14.2. The van der Waals surface area contributed by atoms with Gasteiger partial charge in [-0.2, -0.15) is 18.3 Å². The van der Waals surface area contributed by atoms with Gasteiger partial charge in [0.25, 0.3) is 5.91 Å². The Balaban J connectivity index is 0.00000240. The molecule has 0 unspecified atom stereocenters. The summed E-state index contributed by atoms with van der Waals surface area (Å²) in [6.45, 7) is 1.94. The van der Waals surface area contributed by atoms with Crippen LogP contribution in [0.25, 0.3) is 0 Å². The maximum absolute atomic E-state index is 14.2. The maximum Gasteiger partial charge on any atom is 0.416 e. The first-order valence-electron chi connectivity index (χ1n) is 9.28. The second-order valence-electron chi connectivity index (χ2n) is 7.22. The number of benzene rings is 1. The van der Waals surface area contributed by atoms with Gasteiger partial charge in [-0.15, -0.1) is 12.4 Å². The lowest BCUT2D eigenvalue weighted by molar-refractivity contribution is -0.138. The summed E-state index contributed by atoms with van der Waals surface area (Å²) in [6.07, 6.45) is -3.34. The van der Waals surface area contributed by atoms with E-state index in [9.17, 15) is 22.4 Å². The fourth-order valence-electron chi connectivity index (χ4n) is 4.14. The van der Waals surface area contributed by atoms with Crippen LogP contribution in [0.2, 0.25) is 0 Å². The number of fused-ring (bicyclic) bond motifs is 1. The summed E-state index contributed by atoms with van der Waals surface area (Å²) in [4.78, 5) is 14.4. The lowest BCUT2D eigenvalue weighted by Gasteiger charge is -2.33. The highest BCUT2D eigenvalue weighted by atomic mass is 35.5. The van der Waals surface area contributed by atoms with Gasteiger partial charge in [-0.25, -0.2) is 4.39 Å². The van der Waals surface area contributed by atoms with Gasteiger partial charge in [0, 0.05) is 30.8 Å². The molecule has 2 aliphatic heterocycles. The number of H-pyrrole nitrogens is 1. The Labute approximate surface area is 171 Å². The van der Waals surface area contributed by atoms with E-state index in [-0.39, 0.29) is 49.8 Å². The van der Waals surface area contributed by atoms with Crippen LogP contribution in [0, 0.1) is 5.82 Å². The third-order valence-corrected chi connectivity index (χ3v) is 5.56. The average molecular weight is 433 g/mol. The normalized spacial score (nSPS) is 17.6. The lowest BCUT2D eigenvalue weighted by Crippen LogP contribution is -2.39. The van der Waals surface area contributed by atoms with Gasteiger partial charge in [0.1, 0.15) is 5.82 Å². The molecule has 29 heavy (non-hydrogen) atoms. The van der Waals surface area contributed by atoms with Gasteiger partial charge in [0.15, 0.2) is 5.69 Å². The van der Waals surface area contributed by atoms with E-state index >= 15 is 0 Å². The number of aromatic nitrogens is 2. The topological polar surface area (TPSA) is 61.0 Å². The molecule has 1 aromatic heterocycles. The number of rotatable bonds is 2. The number of halogens is 5. The number of likely N-dealkylation sites (tertiary alicyclic amines) is 1. The standard InChI is InChI=1S/C19H20F4N4O.ClH/c20-14-3-1-2-13(19(21,22)23)16(14)11-5-8-27(9-6-11)18(28)17-12-4-7-24-10-15(12)25-26-17;/h1-3,11,24H,4-10H2,(H,25,26);1H. The molecule has 3 heterocycles. The number of piperidine rings is 1. The number of hydrogen-bond donors (Lipinski definition) is 2. The van der Waals surface area contributed by atoms with Crippen LogP contribution in [0.4, 0.5) is 17.6 Å². The van der Waals surface area contributed by atoms with Gasteiger partial charge < -0.3 is 10.2 Å². The summed E-state index contributed by atoms with van der Waals surface area (Å²) in [5.74, 6) is -1.63. The van der Waals surface area contributed by atoms with Crippen molar-refractivity contribution in [1.82, 2.24) is 20.4 Å². The van der Waals surface area contributed by atoms with Crippen molar-refractivity contribution in [1.29, 1.82) is 0 Å². The van der Waals surface area contributed by atoms with E-state index in [1.54, 1.807) is 4.90 Å². The zero-order valence-corrected chi connectivity index (χ0v) is 16.3. The fourth-order valence-corrected chi connectivity index (χ4v) is 4.14. The molecule has 1 fully saturated rings. The number of alkyl halides is 3. The minimum absolute atomic E-state index is 0. The van der Waals surface area contributed by atoms with Crippen molar-refractivity contribution < 1.29 is 22.4 Å². The number of hydrogen-bond acceptors (Lipinski definition) is 3. The fraction of sp³-hybridized carbons (Fsp3) is 0.474. The van der Waals surface area contributed by atoms with Crippen molar-refractivity contribution in [3.05, 3.63) is 52.1 Å². The molecule has 0 aliphatic carbocycles. The second kappa shape index (κ2) is 8.31. The smallest absolute Gasteiger partial charge is 0.337 e. The quantitative estimate of drug-likeness (QED) is 0.712. The molecular formula is C19H21ClF4N4O. The first kappa shape index (κ1) is 21.6. The molecule has 1 saturated heterocycles. The molecule has 1 aromatic carbocycles. The average Bonchev–Trinajstić information content (AvgIpc) is 3.11. The van der Waals surface area contributed by atoms with Gasteiger partial charge in [-0.05, 0) is 43.9 Å². The molecule has 10 heteroatoms. The van der Waals surface area contributed by atoms with Gasteiger partial charge >= 0.3 is 6.18 Å². The Morgan fingerprint density at radius 3 is 2.62 bits per heavy atom. The van der Waals surface area contributed by atoms with Crippen molar-refractivity contribution >= 4 is 18.3 Å². The predicted octanol–water partition coefficient (Wildman–Crippen LogP) is 3.65.